The molecule has 3 rings (SSSR count). The Bertz CT molecular complexity index is 733. The van der Waals surface area contributed by atoms with Crippen LogP contribution in [-0.4, -0.2) is 30.6 Å². The van der Waals surface area contributed by atoms with Gasteiger partial charge in [-0.05, 0) is 12.1 Å². The molecule has 1 aliphatic rings. The lowest BCUT2D eigenvalue weighted by atomic mass is 9.94. The van der Waals surface area contributed by atoms with Crippen LogP contribution in [0, 0.1) is 0 Å². The first-order valence-corrected chi connectivity index (χ1v) is 8.06. The van der Waals surface area contributed by atoms with E-state index >= 15 is 0 Å². The van der Waals surface area contributed by atoms with Crippen LogP contribution in [0.1, 0.15) is 32.4 Å². The van der Waals surface area contributed by atoms with Gasteiger partial charge < -0.3 is 19.4 Å². The van der Waals surface area contributed by atoms with Gasteiger partial charge in [0.25, 0.3) is 5.91 Å². The molecule has 0 saturated heterocycles. The van der Waals surface area contributed by atoms with Gasteiger partial charge in [0, 0.05) is 12.5 Å². The number of hydrogen-bond acceptors (Lipinski definition) is 5. The van der Waals surface area contributed by atoms with Gasteiger partial charge in [-0.1, -0.05) is 32.9 Å². The summed E-state index contributed by atoms with van der Waals surface area (Å²) >= 11 is 0. The molecule has 1 N–H and O–H groups in total. The van der Waals surface area contributed by atoms with Crippen LogP contribution < -0.4 is 15.0 Å². The number of nitrogens with one attached hydrogen (secondary N) is 1. The Balaban J connectivity index is 1.86. The minimum absolute atomic E-state index is 0.0845. The Morgan fingerprint density at radius 2 is 2.12 bits per heavy atom. The smallest absolute Gasteiger partial charge is 0.262 e. The summed E-state index contributed by atoms with van der Waals surface area (Å²) in [6.45, 7) is 7.20. The van der Waals surface area contributed by atoms with Crippen molar-refractivity contribution in [3.05, 3.63) is 42.1 Å². The van der Waals surface area contributed by atoms with Crippen molar-refractivity contribution in [1.29, 1.82) is 0 Å². The van der Waals surface area contributed by atoms with Gasteiger partial charge in [0.1, 0.15) is 11.5 Å². The molecule has 1 aromatic carbocycles. The predicted octanol–water partition coefficient (Wildman–Crippen LogP) is 2.49. The van der Waals surface area contributed by atoms with E-state index in [2.05, 4.69) is 36.0 Å². The lowest BCUT2D eigenvalue weighted by molar-refractivity contribution is -0.127. The fourth-order valence-electron chi connectivity index (χ4n) is 2.65. The van der Waals surface area contributed by atoms with Crippen molar-refractivity contribution in [1.82, 2.24) is 10.3 Å². The number of carbonyl (C=O) groups is 1. The van der Waals surface area contributed by atoms with Crippen molar-refractivity contribution in [3.8, 4) is 5.75 Å². The van der Waals surface area contributed by atoms with E-state index in [0.717, 1.165) is 11.4 Å². The molecule has 2 aromatic rings. The highest BCUT2D eigenvalue weighted by Crippen LogP contribution is 2.34. The van der Waals surface area contributed by atoms with Gasteiger partial charge in [0.2, 0.25) is 5.89 Å². The maximum absolute atomic E-state index is 12.0. The topological polar surface area (TPSA) is 67.6 Å². The zero-order valence-corrected chi connectivity index (χ0v) is 14.5. The molecular formula is C18H23N3O3. The van der Waals surface area contributed by atoms with Gasteiger partial charge in [-0.15, -0.1) is 0 Å². The molecule has 0 unspecified atom stereocenters. The number of likely N-dealkylation sites (N-methyl/N-ethyl adjacent to an activating group) is 1. The highest BCUT2D eigenvalue weighted by atomic mass is 16.5. The fraction of sp³-hybridized carbons (Fsp3) is 0.444. The Morgan fingerprint density at radius 3 is 2.79 bits per heavy atom. The SMILES string of the molecule is CNC(=O)[C@@H]1CN(Cc2ncc(C(C)(C)C)o2)c2ccccc2O1. The summed E-state index contributed by atoms with van der Waals surface area (Å²) in [4.78, 5) is 18.5. The van der Waals surface area contributed by atoms with Crippen LogP contribution in [0.25, 0.3) is 0 Å². The molecule has 0 aliphatic carbocycles. The summed E-state index contributed by atoms with van der Waals surface area (Å²) in [5.41, 5.74) is 0.854. The molecule has 0 fully saturated rings. The van der Waals surface area contributed by atoms with Crippen molar-refractivity contribution < 1.29 is 13.9 Å². The Labute approximate surface area is 141 Å². The number of amides is 1. The molecule has 1 amide bonds. The minimum Gasteiger partial charge on any atom is -0.477 e. The van der Waals surface area contributed by atoms with E-state index in [0.29, 0.717) is 24.7 Å². The van der Waals surface area contributed by atoms with Crippen LogP contribution in [0.5, 0.6) is 5.75 Å². The molecule has 0 spiro atoms. The zero-order valence-electron chi connectivity index (χ0n) is 14.5. The number of nitrogens with zero attached hydrogens (tertiary/aromatic N) is 2. The van der Waals surface area contributed by atoms with Crippen LogP contribution in [0.3, 0.4) is 0 Å². The molecule has 0 bridgehead atoms. The molecule has 24 heavy (non-hydrogen) atoms. The van der Waals surface area contributed by atoms with Crippen LogP contribution in [0.2, 0.25) is 0 Å². The summed E-state index contributed by atoms with van der Waals surface area (Å²) in [5.74, 6) is 2.03. The monoisotopic (exact) mass is 329 g/mol. The molecule has 6 nitrogen and oxygen atoms in total. The number of benzene rings is 1. The van der Waals surface area contributed by atoms with Crippen molar-refractivity contribution in [2.24, 2.45) is 0 Å². The molecule has 128 valence electrons. The van der Waals surface area contributed by atoms with Gasteiger partial charge >= 0.3 is 0 Å². The first-order valence-electron chi connectivity index (χ1n) is 8.06. The summed E-state index contributed by atoms with van der Waals surface area (Å²) in [5, 5.41) is 2.64. The maximum atomic E-state index is 12.0. The molecule has 1 atom stereocenters. The second kappa shape index (κ2) is 6.19. The number of hydrogen-bond donors (Lipinski definition) is 1. The number of ether oxygens (including phenoxy) is 1. The molecule has 2 heterocycles. The Kier molecular flexibility index (Phi) is 4.22. The molecule has 1 aromatic heterocycles. The van der Waals surface area contributed by atoms with Crippen LogP contribution in [0.15, 0.2) is 34.9 Å². The lowest BCUT2D eigenvalue weighted by Gasteiger charge is -2.34. The van der Waals surface area contributed by atoms with E-state index in [1.807, 2.05) is 24.3 Å². The average molecular weight is 329 g/mol. The van der Waals surface area contributed by atoms with Crippen molar-refractivity contribution in [3.63, 3.8) is 0 Å². The second-order valence-electron chi connectivity index (χ2n) is 6.94. The highest BCUT2D eigenvalue weighted by Gasteiger charge is 2.31. The third-order valence-electron chi connectivity index (χ3n) is 4.02. The largest absolute Gasteiger partial charge is 0.477 e. The predicted molar refractivity (Wildman–Crippen MR) is 91.2 cm³/mol. The Hall–Kier alpha value is -2.50. The summed E-state index contributed by atoms with van der Waals surface area (Å²) in [6.07, 6.45) is 1.22. The van der Waals surface area contributed by atoms with E-state index in [1.54, 1.807) is 13.2 Å². The fourth-order valence-corrected chi connectivity index (χ4v) is 2.65. The van der Waals surface area contributed by atoms with Gasteiger partial charge in [-0.2, -0.15) is 0 Å². The van der Waals surface area contributed by atoms with Gasteiger partial charge in [0.05, 0.1) is 25.0 Å². The third kappa shape index (κ3) is 3.22. The minimum atomic E-state index is -0.554. The van der Waals surface area contributed by atoms with Gasteiger partial charge in [0.15, 0.2) is 6.10 Å². The van der Waals surface area contributed by atoms with Gasteiger partial charge in [-0.25, -0.2) is 4.98 Å². The standard InChI is InChI=1S/C18H23N3O3/c1-18(2,3)15-9-20-16(24-15)11-21-10-14(17(22)19-4)23-13-8-6-5-7-12(13)21/h5-9,14H,10-11H2,1-4H3,(H,19,22)/t14-/m0/s1. The number of oxazole rings is 1. The summed E-state index contributed by atoms with van der Waals surface area (Å²) in [7, 11) is 1.61. The second-order valence-corrected chi connectivity index (χ2v) is 6.94. The Morgan fingerprint density at radius 1 is 1.38 bits per heavy atom. The molecule has 0 saturated carbocycles. The number of anilines is 1. The quantitative estimate of drug-likeness (QED) is 0.937. The van der Waals surface area contributed by atoms with Crippen molar-refractivity contribution >= 4 is 11.6 Å². The lowest BCUT2D eigenvalue weighted by Crippen LogP contribution is -2.48. The zero-order chi connectivity index (χ0) is 17.3. The summed E-state index contributed by atoms with van der Waals surface area (Å²) in [6, 6.07) is 7.69. The van der Waals surface area contributed by atoms with Crippen LogP contribution in [-0.2, 0) is 16.8 Å². The molecule has 0 radical (unpaired) electrons. The molecule has 1 aliphatic heterocycles. The first kappa shape index (κ1) is 16.4. The number of aromatic nitrogens is 1. The maximum Gasteiger partial charge on any atom is 0.262 e. The number of fused-ring (bicyclic) bond motifs is 1. The van der Waals surface area contributed by atoms with E-state index in [-0.39, 0.29) is 11.3 Å². The van der Waals surface area contributed by atoms with E-state index < -0.39 is 6.10 Å². The highest BCUT2D eigenvalue weighted by molar-refractivity contribution is 5.83. The first-order chi connectivity index (χ1) is 11.4. The number of carbonyl (C=O) groups excluding carboxylic acids is 1. The van der Waals surface area contributed by atoms with E-state index in [9.17, 15) is 4.79 Å². The summed E-state index contributed by atoms with van der Waals surface area (Å²) < 4.78 is 11.7. The average Bonchev–Trinajstić information content (AvgIpc) is 3.03. The third-order valence-corrected chi connectivity index (χ3v) is 4.02. The van der Waals surface area contributed by atoms with Crippen molar-refractivity contribution in [2.45, 2.75) is 38.8 Å². The van der Waals surface area contributed by atoms with Gasteiger partial charge in [-0.3, -0.25) is 4.79 Å². The van der Waals surface area contributed by atoms with Crippen LogP contribution >= 0.6 is 0 Å². The molecular weight excluding hydrogens is 306 g/mol. The van der Waals surface area contributed by atoms with E-state index in [4.69, 9.17) is 9.15 Å². The number of rotatable bonds is 3. The van der Waals surface area contributed by atoms with E-state index in [1.165, 1.54) is 0 Å². The molecule has 6 heteroatoms. The van der Waals surface area contributed by atoms with Crippen molar-refractivity contribution in [2.75, 3.05) is 18.5 Å². The normalized spacial score (nSPS) is 17.2. The van der Waals surface area contributed by atoms with Crippen LogP contribution in [0.4, 0.5) is 5.69 Å². The number of para-hydroxylation sites is 2.